The fourth-order valence-corrected chi connectivity index (χ4v) is 0.310. The van der Waals surface area contributed by atoms with Crippen molar-refractivity contribution < 1.29 is 5.11 Å². The van der Waals surface area contributed by atoms with E-state index in [1.807, 2.05) is 0 Å². The Morgan fingerprint density at radius 3 is 2.00 bits per heavy atom. The highest BCUT2D eigenvalue weighted by Gasteiger charge is 1.95. The van der Waals surface area contributed by atoms with Crippen molar-refractivity contribution in [2.24, 2.45) is 11.5 Å². The quantitative estimate of drug-likeness (QED) is 0.377. The van der Waals surface area contributed by atoms with Crippen LogP contribution in [-0.2, 0) is 0 Å². The second-order valence-corrected chi connectivity index (χ2v) is 1.47. The molecule has 0 saturated heterocycles. The zero-order chi connectivity index (χ0) is 5.70. The summed E-state index contributed by atoms with van der Waals surface area (Å²) in [6.45, 7) is 0.829. The van der Waals surface area contributed by atoms with E-state index in [9.17, 15) is 0 Å². The summed E-state index contributed by atoms with van der Waals surface area (Å²) in [5, 5.41) is 8.65. The summed E-state index contributed by atoms with van der Waals surface area (Å²) in [7, 11) is 0. The van der Waals surface area contributed by atoms with Crippen LogP contribution in [0.15, 0.2) is 0 Å². The lowest BCUT2D eigenvalue weighted by Gasteiger charge is -2.01. The molecule has 1 atom stereocenters. The smallest absolute Gasteiger partial charge is 0.0674 e. The molecule has 0 rings (SSSR count). The van der Waals surface area contributed by atoms with Gasteiger partial charge in [-0.2, -0.15) is 0 Å². The SMILES string of the molecule is N.NCCC(O)CN. The molecule has 0 spiro atoms. The zero-order valence-electron chi connectivity index (χ0n) is 5.01. The second-order valence-electron chi connectivity index (χ2n) is 1.47. The van der Waals surface area contributed by atoms with Crippen molar-refractivity contribution in [3.8, 4) is 0 Å². The monoisotopic (exact) mass is 121 g/mol. The van der Waals surface area contributed by atoms with Crippen LogP contribution in [0.5, 0.6) is 0 Å². The Morgan fingerprint density at radius 1 is 1.38 bits per heavy atom. The molecule has 0 bridgehead atoms. The van der Waals surface area contributed by atoms with Crippen LogP contribution in [-0.4, -0.2) is 24.3 Å². The highest BCUT2D eigenvalue weighted by molar-refractivity contribution is 4.53. The lowest BCUT2D eigenvalue weighted by atomic mass is 10.3. The van der Waals surface area contributed by atoms with E-state index in [4.69, 9.17) is 16.6 Å². The van der Waals surface area contributed by atoms with Gasteiger partial charge in [0.1, 0.15) is 0 Å². The molecule has 0 aromatic rings. The van der Waals surface area contributed by atoms with Crippen LogP contribution in [0.3, 0.4) is 0 Å². The third kappa shape index (κ3) is 5.84. The Balaban J connectivity index is 0. The van der Waals surface area contributed by atoms with Gasteiger partial charge in [-0.05, 0) is 13.0 Å². The maximum atomic E-state index is 8.65. The van der Waals surface area contributed by atoms with Crippen LogP contribution >= 0.6 is 0 Å². The molecule has 0 amide bonds. The first-order chi connectivity index (χ1) is 3.31. The molecular formula is C4H15N3O. The summed E-state index contributed by atoms with van der Waals surface area (Å²) in [5.41, 5.74) is 10.1. The first-order valence-electron chi connectivity index (χ1n) is 2.39. The molecule has 0 fully saturated rings. The maximum absolute atomic E-state index is 8.65. The number of rotatable bonds is 3. The minimum Gasteiger partial charge on any atom is -0.392 e. The molecule has 0 heterocycles. The Kier molecular flexibility index (Phi) is 9.20. The molecular weight excluding hydrogens is 106 g/mol. The lowest BCUT2D eigenvalue weighted by molar-refractivity contribution is 0.175. The predicted octanol–water partition coefficient (Wildman–Crippen LogP) is -1.18. The summed E-state index contributed by atoms with van der Waals surface area (Å²) in [6, 6.07) is 0. The van der Waals surface area contributed by atoms with E-state index >= 15 is 0 Å². The fourth-order valence-electron chi connectivity index (χ4n) is 0.310. The molecule has 4 nitrogen and oxygen atoms in total. The van der Waals surface area contributed by atoms with Gasteiger partial charge in [-0.25, -0.2) is 0 Å². The van der Waals surface area contributed by atoms with Crippen LogP contribution in [0.25, 0.3) is 0 Å². The van der Waals surface area contributed by atoms with Crippen molar-refractivity contribution in [2.75, 3.05) is 13.1 Å². The normalized spacial score (nSPS) is 12.4. The van der Waals surface area contributed by atoms with Gasteiger partial charge in [0.05, 0.1) is 6.10 Å². The average Bonchev–Trinajstić information content (AvgIpc) is 1.68. The summed E-state index contributed by atoms with van der Waals surface area (Å²) >= 11 is 0. The van der Waals surface area contributed by atoms with E-state index in [1.54, 1.807) is 0 Å². The summed E-state index contributed by atoms with van der Waals surface area (Å²) in [5.74, 6) is 0. The van der Waals surface area contributed by atoms with Crippen molar-refractivity contribution in [2.45, 2.75) is 12.5 Å². The van der Waals surface area contributed by atoms with E-state index in [2.05, 4.69) is 0 Å². The third-order valence-corrected chi connectivity index (χ3v) is 0.772. The van der Waals surface area contributed by atoms with Crippen LogP contribution in [0.2, 0.25) is 0 Å². The lowest BCUT2D eigenvalue weighted by Crippen LogP contribution is -2.22. The molecule has 0 radical (unpaired) electrons. The number of aliphatic hydroxyl groups is 1. The molecule has 0 saturated carbocycles. The molecule has 8 N–H and O–H groups in total. The van der Waals surface area contributed by atoms with Crippen LogP contribution in [0.1, 0.15) is 6.42 Å². The molecule has 0 aliphatic carbocycles. The van der Waals surface area contributed by atoms with Gasteiger partial charge in [0.15, 0.2) is 0 Å². The van der Waals surface area contributed by atoms with Gasteiger partial charge in [-0.3, -0.25) is 0 Å². The fraction of sp³-hybridized carbons (Fsp3) is 1.00. The number of hydrogen-bond acceptors (Lipinski definition) is 4. The first-order valence-corrected chi connectivity index (χ1v) is 2.39. The van der Waals surface area contributed by atoms with E-state index < -0.39 is 6.10 Å². The Bertz CT molecular complexity index is 42.3. The van der Waals surface area contributed by atoms with Crippen molar-refractivity contribution in [3.05, 3.63) is 0 Å². The zero-order valence-corrected chi connectivity index (χ0v) is 5.01. The molecule has 0 aliphatic heterocycles. The molecule has 52 valence electrons. The van der Waals surface area contributed by atoms with Crippen molar-refractivity contribution in [1.29, 1.82) is 0 Å². The Morgan fingerprint density at radius 2 is 1.88 bits per heavy atom. The molecule has 0 aliphatic rings. The predicted molar refractivity (Wildman–Crippen MR) is 33.8 cm³/mol. The van der Waals surface area contributed by atoms with Gasteiger partial charge in [0.25, 0.3) is 0 Å². The number of nitrogens with two attached hydrogens (primary N) is 2. The maximum Gasteiger partial charge on any atom is 0.0674 e. The largest absolute Gasteiger partial charge is 0.392 e. The average molecular weight is 121 g/mol. The minimum atomic E-state index is -0.398. The number of aliphatic hydroxyl groups excluding tert-OH is 1. The summed E-state index contributed by atoms with van der Waals surface area (Å²) < 4.78 is 0. The van der Waals surface area contributed by atoms with Crippen LogP contribution in [0.4, 0.5) is 0 Å². The highest BCUT2D eigenvalue weighted by atomic mass is 16.3. The van der Waals surface area contributed by atoms with Crippen LogP contribution < -0.4 is 17.6 Å². The minimum absolute atomic E-state index is 0. The standard InChI is InChI=1S/C4H12N2O.H3N/c5-2-1-4(7)3-6;/h4,7H,1-3,5-6H2;1H3. The second kappa shape index (κ2) is 6.84. The van der Waals surface area contributed by atoms with Gasteiger partial charge in [-0.1, -0.05) is 0 Å². The van der Waals surface area contributed by atoms with E-state index in [1.165, 1.54) is 0 Å². The first kappa shape index (κ1) is 10.8. The number of hydrogen-bond donors (Lipinski definition) is 4. The van der Waals surface area contributed by atoms with Crippen molar-refractivity contribution in [3.63, 3.8) is 0 Å². The summed E-state index contributed by atoms with van der Waals surface area (Å²) in [6.07, 6.45) is 0.209. The molecule has 0 aromatic heterocycles. The summed E-state index contributed by atoms with van der Waals surface area (Å²) in [4.78, 5) is 0. The molecule has 8 heavy (non-hydrogen) atoms. The molecule has 1 unspecified atom stereocenters. The van der Waals surface area contributed by atoms with Gasteiger partial charge in [0.2, 0.25) is 0 Å². The molecule has 0 aromatic carbocycles. The van der Waals surface area contributed by atoms with Crippen LogP contribution in [0, 0.1) is 0 Å². The highest BCUT2D eigenvalue weighted by Crippen LogP contribution is 1.81. The van der Waals surface area contributed by atoms with Crippen molar-refractivity contribution in [1.82, 2.24) is 6.15 Å². The molecule has 4 heteroatoms. The van der Waals surface area contributed by atoms with Gasteiger partial charge >= 0.3 is 0 Å². The van der Waals surface area contributed by atoms with E-state index in [0.717, 1.165) is 0 Å². The van der Waals surface area contributed by atoms with Gasteiger partial charge in [-0.15, -0.1) is 0 Å². The Labute approximate surface area is 49.4 Å². The topological polar surface area (TPSA) is 107 Å². The third-order valence-electron chi connectivity index (χ3n) is 0.772. The Hall–Kier alpha value is -0.160. The van der Waals surface area contributed by atoms with E-state index in [-0.39, 0.29) is 6.15 Å². The van der Waals surface area contributed by atoms with E-state index in [0.29, 0.717) is 19.5 Å². The van der Waals surface area contributed by atoms with Gasteiger partial charge in [0, 0.05) is 6.54 Å². The van der Waals surface area contributed by atoms with Gasteiger partial charge < -0.3 is 22.7 Å². The van der Waals surface area contributed by atoms with Crippen molar-refractivity contribution >= 4 is 0 Å².